The van der Waals surface area contributed by atoms with Crippen molar-refractivity contribution in [3.05, 3.63) is 0 Å². The summed E-state index contributed by atoms with van der Waals surface area (Å²) in [5, 5.41) is 4.24. The van der Waals surface area contributed by atoms with Crippen LogP contribution < -0.4 is 16.5 Å². The molecular weight excluding hydrogens is 380 g/mol. The van der Waals surface area contributed by atoms with Gasteiger partial charge in [-0.15, -0.1) is 10.6 Å². The largest absolute Gasteiger partial charge is 0.289 e. The van der Waals surface area contributed by atoms with Gasteiger partial charge in [-0.05, 0) is 105 Å². The van der Waals surface area contributed by atoms with Crippen LogP contribution in [-0.4, -0.2) is 5.84 Å². The fourth-order valence-corrected chi connectivity index (χ4v) is 8.74. The minimum atomic E-state index is 0.625. The Morgan fingerprint density at radius 3 is 2.35 bits per heavy atom. The Morgan fingerprint density at radius 2 is 1.61 bits per heavy atom. The third-order valence-electron chi connectivity index (χ3n) is 10.2. The lowest BCUT2D eigenvalue weighted by Crippen LogP contribution is -2.52. The maximum atomic E-state index is 4.24. The Bertz CT molecular complexity index is 590. The highest BCUT2D eigenvalue weighted by atomic mass is 15.8. The van der Waals surface area contributed by atoms with E-state index < -0.39 is 0 Å². The topological polar surface area (TPSA) is 48.5 Å². The first-order valence-electron chi connectivity index (χ1n) is 13.9. The van der Waals surface area contributed by atoms with Crippen molar-refractivity contribution in [2.45, 2.75) is 125 Å². The summed E-state index contributed by atoms with van der Waals surface area (Å²) in [6, 6.07) is 0. The van der Waals surface area contributed by atoms with Crippen LogP contribution in [0.5, 0.6) is 0 Å². The summed E-state index contributed by atoms with van der Waals surface area (Å²) < 4.78 is 0. The lowest BCUT2D eigenvalue weighted by Gasteiger charge is -2.60. The number of hydrazone groups is 1. The van der Waals surface area contributed by atoms with Crippen molar-refractivity contribution >= 4 is 5.84 Å². The molecule has 0 radical (unpaired) electrons. The third kappa shape index (κ3) is 4.66. The van der Waals surface area contributed by atoms with E-state index in [2.05, 4.69) is 35.4 Å². The second kappa shape index (κ2) is 10.9. The van der Waals surface area contributed by atoms with E-state index in [1.807, 2.05) is 27.7 Å². The van der Waals surface area contributed by atoms with Crippen molar-refractivity contribution in [2.75, 3.05) is 0 Å². The molecular formula is C27H52N4. The Kier molecular flexibility index (Phi) is 8.74. The summed E-state index contributed by atoms with van der Waals surface area (Å²) in [6.45, 7) is 13.4. The molecule has 0 aromatic heterocycles. The molecule has 7 atom stereocenters. The number of amidine groups is 1. The number of nitrogens with one attached hydrogen (secondary N) is 3. The molecule has 0 amide bonds. The smallest absolute Gasteiger partial charge is 0.139 e. The summed E-state index contributed by atoms with van der Waals surface area (Å²) in [4.78, 5) is 0. The summed E-state index contributed by atoms with van der Waals surface area (Å²) in [6.07, 6.45) is 19.0. The maximum Gasteiger partial charge on any atom is 0.139 e. The van der Waals surface area contributed by atoms with Gasteiger partial charge in [-0.2, -0.15) is 0 Å². The average molecular weight is 433 g/mol. The molecule has 5 aliphatic rings. The number of nitrogens with zero attached hydrogens (tertiary/aromatic N) is 1. The van der Waals surface area contributed by atoms with Crippen LogP contribution in [0.25, 0.3) is 0 Å². The van der Waals surface area contributed by atoms with Crippen LogP contribution in [0.15, 0.2) is 5.10 Å². The molecule has 0 bridgehead atoms. The number of hydrogen-bond donors (Lipinski definition) is 3. The first-order chi connectivity index (χ1) is 15.1. The Balaban J connectivity index is 0.000000645. The zero-order valence-corrected chi connectivity index (χ0v) is 21.5. The first kappa shape index (κ1) is 24.9. The van der Waals surface area contributed by atoms with Gasteiger partial charge in [0.1, 0.15) is 5.84 Å². The molecule has 31 heavy (non-hydrogen) atoms. The number of hydrazine groups is 2. The monoisotopic (exact) mass is 432 g/mol. The van der Waals surface area contributed by atoms with Crippen LogP contribution in [0, 0.1) is 40.4 Å². The Labute approximate surface area is 193 Å². The normalized spacial score (nSPS) is 42.8. The van der Waals surface area contributed by atoms with Crippen LogP contribution in [0.2, 0.25) is 0 Å². The van der Waals surface area contributed by atoms with E-state index in [9.17, 15) is 0 Å². The van der Waals surface area contributed by atoms with Gasteiger partial charge in [0.25, 0.3) is 0 Å². The van der Waals surface area contributed by atoms with E-state index in [-0.39, 0.29) is 0 Å². The van der Waals surface area contributed by atoms with Crippen LogP contribution in [-0.2, 0) is 0 Å². The second-order valence-corrected chi connectivity index (χ2v) is 11.0. The lowest BCUT2D eigenvalue weighted by molar-refractivity contribution is -0.111. The van der Waals surface area contributed by atoms with Gasteiger partial charge in [0, 0.05) is 6.42 Å². The Morgan fingerprint density at radius 1 is 0.839 bits per heavy atom. The van der Waals surface area contributed by atoms with Crippen molar-refractivity contribution in [1.29, 1.82) is 0 Å². The van der Waals surface area contributed by atoms with Gasteiger partial charge in [-0.25, -0.2) is 5.53 Å². The van der Waals surface area contributed by atoms with Gasteiger partial charge in [-0.3, -0.25) is 5.43 Å². The number of fused-ring (bicyclic) bond motifs is 5. The summed E-state index contributed by atoms with van der Waals surface area (Å²) in [5.41, 5.74) is 10.1. The minimum Gasteiger partial charge on any atom is -0.289 e. The zero-order chi connectivity index (χ0) is 22.5. The fraction of sp³-hybridized carbons (Fsp3) is 0.963. The van der Waals surface area contributed by atoms with Crippen LogP contribution in [0.1, 0.15) is 125 Å². The molecule has 1 heterocycles. The second-order valence-electron chi connectivity index (χ2n) is 11.0. The van der Waals surface area contributed by atoms with Gasteiger partial charge in [0.05, 0.1) is 0 Å². The van der Waals surface area contributed by atoms with E-state index in [1.165, 1.54) is 64.2 Å². The molecule has 5 rings (SSSR count). The van der Waals surface area contributed by atoms with E-state index >= 15 is 0 Å². The molecule has 4 fully saturated rings. The Hall–Kier alpha value is -0.770. The van der Waals surface area contributed by atoms with Crippen molar-refractivity contribution in [3.8, 4) is 0 Å². The molecule has 0 aromatic rings. The fourth-order valence-electron chi connectivity index (χ4n) is 8.74. The predicted molar refractivity (Wildman–Crippen MR) is 133 cm³/mol. The molecule has 180 valence electrons. The predicted octanol–water partition coefficient (Wildman–Crippen LogP) is 7.18. The summed E-state index contributed by atoms with van der Waals surface area (Å²) in [5.74, 6) is 6.18. The lowest BCUT2D eigenvalue weighted by atomic mass is 9.45. The molecule has 4 heteroatoms. The molecule has 4 saturated carbocycles. The van der Waals surface area contributed by atoms with E-state index in [1.54, 1.807) is 12.8 Å². The van der Waals surface area contributed by atoms with E-state index in [0.29, 0.717) is 10.8 Å². The van der Waals surface area contributed by atoms with Gasteiger partial charge in [0.15, 0.2) is 0 Å². The zero-order valence-electron chi connectivity index (χ0n) is 21.5. The van der Waals surface area contributed by atoms with E-state index in [4.69, 9.17) is 0 Å². The van der Waals surface area contributed by atoms with Crippen molar-refractivity contribution in [2.24, 2.45) is 45.5 Å². The molecule has 7 unspecified atom stereocenters. The molecule has 0 spiro atoms. The van der Waals surface area contributed by atoms with Gasteiger partial charge in [0.2, 0.25) is 0 Å². The van der Waals surface area contributed by atoms with Crippen LogP contribution in [0.3, 0.4) is 0 Å². The molecule has 0 aromatic carbocycles. The van der Waals surface area contributed by atoms with Gasteiger partial charge >= 0.3 is 0 Å². The molecule has 4 aliphatic carbocycles. The summed E-state index contributed by atoms with van der Waals surface area (Å²) >= 11 is 0. The van der Waals surface area contributed by atoms with E-state index in [0.717, 1.165) is 41.8 Å². The van der Waals surface area contributed by atoms with Gasteiger partial charge < -0.3 is 0 Å². The maximum absolute atomic E-state index is 4.24. The van der Waals surface area contributed by atoms with Crippen molar-refractivity contribution in [1.82, 2.24) is 16.5 Å². The van der Waals surface area contributed by atoms with Crippen molar-refractivity contribution < 1.29 is 0 Å². The highest BCUT2D eigenvalue weighted by molar-refractivity contribution is 5.82. The number of hydrogen-bond acceptors (Lipinski definition) is 4. The first-order valence-corrected chi connectivity index (χ1v) is 13.9. The number of rotatable bonds is 4. The standard InChI is InChI=1S/C23H40N4.2C2H6/c1-22-14-4-3-6-16(22)9-11-18-19-12-10-17(23(19,2)15-13-20(18)22)7-5-8-21-24-26-27-25-21;2*1-2/h16-20,26-27H,3-15H2,1-2H3,(H,24,25);2*1-2H3. The van der Waals surface area contributed by atoms with Crippen molar-refractivity contribution in [3.63, 3.8) is 0 Å². The molecule has 4 nitrogen and oxygen atoms in total. The van der Waals surface area contributed by atoms with Crippen LogP contribution >= 0.6 is 0 Å². The average Bonchev–Trinajstić information content (AvgIpc) is 3.44. The quantitative estimate of drug-likeness (QED) is 0.441. The van der Waals surface area contributed by atoms with Crippen LogP contribution in [0.4, 0.5) is 0 Å². The SMILES string of the molecule is CC.CC.CC12CCCCC1CCC1C2CCC2(C)C(CCCC3=NNNN3)CCC12. The minimum absolute atomic E-state index is 0.625. The van der Waals surface area contributed by atoms with Gasteiger partial charge in [-0.1, -0.05) is 54.4 Å². The third-order valence-corrected chi connectivity index (χ3v) is 10.2. The summed E-state index contributed by atoms with van der Waals surface area (Å²) in [7, 11) is 0. The highest BCUT2D eigenvalue weighted by Gasteiger charge is 2.59. The highest BCUT2D eigenvalue weighted by Crippen LogP contribution is 2.67. The molecule has 0 saturated heterocycles. The molecule has 1 aliphatic heterocycles. The molecule has 3 N–H and O–H groups in total.